The van der Waals surface area contributed by atoms with Crippen molar-refractivity contribution in [2.24, 2.45) is 5.73 Å². The van der Waals surface area contributed by atoms with E-state index >= 15 is 0 Å². The Balaban J connectivity index is 2.13. The molecule has 0 radical (unpaired) electrons. The standard InChI is InChI=1S/C19H20N3O2/c1-2-17-8-5-9-18(21(17)15-14-20)7-4-3-6-16-10-12-19(13-11-16)22(23)24/h2-13H,1,14-15,20H2/q+1/b6-3+,7-4+. The molecule has 0 aliphatic carbocycles. The van der Waals surface area contributed by atoms with Crippen LogP contribution in [0.1, 0.15) is 17.0 Å². The Morgan fingerprint density at radius 2 is 1.75 bits per heavy atom. The van der Waals surface area contributed by atoms with Gasteiger partial charge in [-0.05, 0) is 23.8 Å². The van der Waals surface area contributed by atoms with Gasteiger partial charge in [-0.3, -0.25) is 10.1 Å². The highest BCUT2D eigenvalue weighted by atomic mass is 16.6. The third kappa shape index (κ3) is 4.47. The first kappa shape index (κ1) is 17.3. The molecule has 0 saturated carbocycles. The van der Waals surface area contributed by atoms with Crippen molar-refractivity contribution < 1.29 is 9.49 Å². The number of pyridine rings is 1. The number of nitro groups is 1. The fourth-order valence-electron chi connectivity index (χ4n) is 2.31. The van der Waals surface area contributed by atoms with Crippen LogP contribution in [0.15, 0.2) is 61.2 Å². The van der Waals surface area contributed by atoms with Crippen LogP contribution in [0.5, 0.6) is 0 Å². The number of benzene rings is 1. The van der Waals surface area contributed by atoms with Crippen LogP contribution in [0.2, 0.25) is 0 Å². The largest absolute Gasteiger partial charge is 0.325 e. The number of nitrogens with zero attached hydrogens (tertiary/aromatic N) is 2. The Hall–Kier alpha value is -3.05. The quantitative estimate of drug-likeness (QED) is 0.368. The lowest BCUT2D eigenvalue weighted by atomic mass is 10.2. The lowest BCUT2D eigenvalue weighted by molar-refractivity contribution is -0.697. The van der Waals surface area contributed by atoms with Crippen molar-refractivity contribution in [3.8, 4) is 0 Å². The van der Waals surface area contributed by atoms with E-state index in [0.717, 1.165) is 17.0 Å². The van der Waals surface area contributed by atoms with Crippen LogP contribution in [0.25, 0.3) is 18.2 Å². The number of rotatable bonds is 7. The second-order valence-corrected chi connectivity index (χ2v) is 5.09. The lowest BCUT2D eigenvalue weighted by Gasteiger charge is -2.02. The molecule has 0 bridgehead atoms. The number of hydrogen-bond donors (Lipinski definition) is 1. The summed E-state index contributed by atoms with van der Waals surface area (Å²) in [5.41, 5.74) is 8.72. The topological polar surface area (TPSA) is 73.0 Å². The van der Waals surface area contributed by atoms with Crippen molar-refractivity contribution in [2.45, 2.75) is 6.54 Å². The van der Waals surface area contributed by atoms with E-state index in [1.807, 2.05) is 42.5 Å². The predicted octanol–water partition coefficient (Wildman–Crippen LogP) is 3.21. The van der Waals surface area contributed by atoms with Crippen molar-refractivity contribution in [1.29, 1.82) is 0 Å². The molecular formula is C19H20N3O2+. The average Bonchev–Trinajstić information content (AvgIpc) is 2.60. The first-order valence-corrected chi connectivity index (χ1v) is 7.60. The minimum atomic E-state index is -0.407. The summed E-state index contributed by atoms with van der Waals surface area (Å²) in [7, 11) is 0. The molecule has 0 unspecified atom stereocenters. The molecule has 1 aromatic carbocycles. The third-order valence-corrected chi connectivity index (χ3v) is 3.49. The van der Waals surface area contributed by atoms with E-state index in [0.29, 0.717) is 13.1 Å². The predicted molar refractivity (Wildman–Crippen MR) is 96.9 cm³/mol. The monoisotopic (exact) mass is 322 g/mol. The van der Waals surface area contributed by atoms with Crippen LogP contribution in [0, 0.1) is 10.1 Å². The van der Waals surface area contributed by atoms with Gasteiger partial charge in [0.05, 0.1) is 11.5 Å². The molecule has 5 heteroatoms. The highest BCUT2D eigenvalue weighted by Crippen LogP contribution is 2.13. The van der Waals surface area contributed by atoms with E-state index in [1.165, 1.54) is 12.1 Å². The molecule has 0 saturated heterocycles. The van der Waals surface area contributed by atoms with E-state index in [1.54, 1.807) is 18.2 Å². The number of non-ortho nitro benzene ring substituents is 1. The van der Waals surface area contributed by atoms with Gasteiger partial charge in [0.1, 0.15) is 0 Å². The SMILES string of the molecule is C=Cc1cccc(/C=C/C=C/c2ccc([N+](=O)[O-])cc2)[n+]1CCN. The third-order valence-electron chi connectivity index (χ3n) is 3.49. The van der Waals surface area contributed by atoms with Crippen LogP contribution in [0.4, 0.5) is 5.69 Å². The normalized spacial score (nSPS) is 11.2. The second-order valence-electron chi connectivity index (χ2n) is 5.09. The van der Waals surface area contributed by atoms with Crippen LogP contribution >= 0.6 is 0 Å². The van der Waals surface area contributed by atoms with Gasteiger partial charge in [0, 0.05) is 36.4 Å². The van der Waals surface area contributed by atoms with Gasteiger partial charge >= 0.3 is 0 Å². The zero-order chi connectivity index (χ0) is 17.4. The van der Waals surface area contributed by atoms with E-state index in [9.17, 15) is 10.1 Å². The Morgan fingerprint density at radius 1 is 1.08 bits per heavy atom. The summed E-state index contributed by atoms with van der Waals surface area (Å²) in [6.07, 6.45) is 9.51. The van der Waals surface area contributed by atoms with E-state index in [2.05, 4.69) is 11.1 Å². The molecule has 24 heavy (non-hydrogen) atoms. The zero-order valence-corrected chi connectivity index (χ0v) is 13.3. The Morgan fingerprint density at radius 3 is 2.38 bits per heavy atom. The van der Waals surface area contributed by atoms with Crippen molar-refractivity contribution in [1.82, 2.24) is 0 Å². The first-order chi connectivity index (χ1) is 11.7. The zero-order valence-electron chi connectivity index (χ0n) is 13.3. The van der Waals surface area contributed by atoms with Gasteiger partial charge in [-0.15, -0.1) is 0 Å². The highest BCUT2D eigenvalue weighted by Gasteiger charge is 2.10. The van der Waals surface area contributed by atoms with Gasteiger partial charge in [0.15, 0.2) is 6.54 Å². The number of nitrogens with two attached hydrogens (primary N) is 1. The molecule has 1 aromatic heterocycles. The average molecular weight is 322 g/mol. The molecule has 0 aliphatic rings. The summed E-state index contributed by atoms with van der Waals surface area (Å²) in [6.45, 7) is 5.09. The molecule has 0 amide bonds. The van der Waals surface area contributed by atoms with Gasteiger partial charge in [-0.25, -0.2) is 0 Å². The fourth-order valence-corrected chi connectivity index (χ4v) is 2.31. The first-order valence-electron chi connectivity index (χ1n) is 7.60. The van der Waals surface area contributed by atoms with Crippen molar-refractivity contribution >= 4 is 23.9 Å². The van der Waals surface area contributed by atoms with Crippen LogP contribution in [-0.2, 0) is 6.54 Å². The van der Waals surface area contributed by atoms with Crippen molar-refractivity contribution in [2.75, 3.05) is 6.54 Å². The van der Waals surface area contributed by atoms with Crippen LogP contribution in [-0.4, -0.2) is 11.5 Å². The molecular weight excluding hydrogens is 302 g/mol. The van der Waals surface area contributed by atoms with Gasteiger partial charge in [0.25, 0.3) is 5.69 Å². The summed E-state index contributed by atoms with van der Waals surface area (Å²) < 4.78 is 2.10. The molecule has 0 atom stereocenters. The fraction of sp³-hybridized carbons (Fsp3) is 0.105. The van der Waals surface area contributed by atoms with Gasteiger partial charge in [-0.1, -0.05) is 24.8 Å². The Bertz CT molecular complexity index is 778. The maximum absolute atomic E-state index is 10.6. The summed E-state index contributed by atoms with van der Waals surface area (Å²) >= 11 is 0. The van der Waals surface area contributed by atoms with E-state index < -0.39 is 4.92 Å². The molecule has 2 rings (SSSR count). The molecule has 0 spiro atoms. The summed E-state index contributed by atoms with van der Waals surface area (Å²) in [4.78, 5) is 10.2. The van der Waals surface area contributed by atoms with Crippen LogP contribution in [0.3, 0.4) is 0 Å². The lowest BCUT2D eigenvalue weighted by Crippen LogP contribution is -2.43. The Labute approximate surface area is 141 Å². The number of hydrogen-bond acceptors (Lipinski definition) is 3. The minimum Gasteiger partial charge on any atom is -0.325 e. The maximum Gasteiger partial charge on any atom is 0.269 e. The molecule has 1 heterocycles. The van der Waals surface area contributed by atoms with Gasteiger partial charge < -0.3 is 5.73 Å². The number of nitro benzene ring substituents is 1. The van der Waals surface area contributed by atoms with Crippen LogP contribution < -0.4 is 10.3 Å². The molecule has 0 fully saturated rings. The highest BCUT2D eigenvalue weighted by molar-refractivity contribution is 5.56. The molecule has 122 valence electrons. The minimum absolute atomic E-state index is 0.0896. The van der Waals surface area contributed by atoms with Gasteiger partial charge in [0.2, 0.25) is 11.4 Å². The summed E-state index contributed by atoms with van der Waals surface area (Å²) in [5, 5.41) is 10.6. The Kier molecular flexibility index (Phi) is 6.16. The maximum atomic E-state index is 10.6. The number of aromatic nitrogens is 1. The van der Waals surface area contributed by atoms with Gasteiger partial charge in [-0.2, -0.15) is 4.57 Å². The molecule has 2 aromatic rings. The van der Waals surface area contributed by atoms with Crippen molar-refractivity contribution in [3.05, 3.63) is 88.3 Å². The van der Waals surface area contributed by atoms with E-state index in [-0.39, 0.29) is 5.69 Å². The molecule has 0 aliphatic heterocycles. The smallest absolute Gasteiger partial charge is 0.269 e. The molecule has 5 nitrogen and oxygen atoms in total. The second kappa shape index (κ2) is 8.55. The summed E-state index contributed by atoms with van der Waals surface area (Å²) in [6, 6.07) is 12.4. The van der Waals surface area contributed by atoms with Crippen molar-refractivity contribution in [3.63, 3.8) is 0 Å². The molecule has 2 N–H and O–H groups in total. The number of allylic oxidation sites excluding steroid dienone is 2. The van der Waals surface area contributed by atoms with E-state index in [4.69, 9.17) is 5.73 Å². The summed E-state index contributed by atoms with van der Waals surface area (Å²) in [5.74, 6) is 0.